The van der Waals surface area contributed by atoms with Crippen molar-refractivity contribution in [3.8, 4) is 0 Å². The van der Waals surface area contributed by atoms with E-state index in [4.69, 9.17) is 0 Å². The second-order valence-electron chi connectivity index (χ2n) is 4.23. The molecular formula is C14H14. The van der Waals surface area contributed by atoms with Crippen molar-refractivity contribution in [3.63, 3.8) is 0 Å². The average Bonchev–Trinajstić information content (AvgIpc) is 2.29. The van der Waals surface area contributed by atoms with Gasteiger partial charge in [-0.2, -0.15) is 0 Å². The highest BCUT2D eigenvalue weighted by Gasteiger charge is 2.32. The minimum atomic E-state index is 0.623. The molecule has 0 amide bonds. The molecule has 0 aromatic carbocycles. The molecule has 0 saturated heterocycles. The summed E-state index contributed by atoms with van der Waals surface area (Å²) in [6, 6.07) is 0. The Hall–Kier alpha value is -1.30. The molecule has 0 nitrogen and oxygen atoms in total. The van der Waals surface area contributed by atoms with Gasteiger partial charge in [0.2, 0.25) is 0 Å². The molecule has 0 aliphatic heterocycles. The molecule has 14 heavy (non-hydrogen) atoms. The number of hydrogen-bond donors (Lipinski definition) is 0. The van der Waals surface area contributed by atoms with Gasteiger partial charge in [0.1, 0.15) is 0 Å². The predicted octanol–water partition coefficient (Wildman–Crippen LogP) is 3.27. The van der Waals surface area contributed by atoms with Gasteiger partial charge < -0.3 is 0 Å². The fourth-order valence-corrected chi connectivity index (χ4v) is 2.69. The average molecular weight is 182 g/mol. The second kappa shape index (κ2) is 3.13. The summed E-state index contributed by atoms with van der Waals surface area (Å²) in [5.74, 6) is 2.60. The van der Waals surface area contributed by atoms with Gasteiger partial charge in [-0.05, 0) is 11.8 Å². The molecule has 3 rings (SSSR count). The monoisotopic (exact) mass is 182 g/mol. The topological polar surface area (TPSA) is 0 Å². The Kier molecular flexibility index (Phi) is 1.80. The Morgan fingerprint density at radius 3 is 1.36 bits per heavy atom. The normalized spacial score (nSPS) is 42.3. The molecule has 0 unspecified atom stereocenters. The van der Waals surface area contributed by atoms with E-state index >= 15 is 0 Å². The van der Waals surface area contributed by atoms with Gasteiger partial charge in [-0.15, -0.1) is 0 Å². The molecule has 0 radical (unpaired) electrons. The third-order valence-electron chi connectivity index (χ3n) is 3.44. The van der Waals surface area contributed by atoms with Crippen LogP contribution in [0.2, 0.25) is 0 Å². The Labute approximate surface area is 85.0 Å². The summed E-state index contributed by atoms with van der Waals surface area (Å²) in [7, 11) is 0. The highest BCUT2D eigenvalue weighted by Crippen LogP contribution is 2.40. The van der Waals surface area contributed by atoms with Gasteiger partial charge in [0.25, 0.3) is 0 Å². The lowest BCUT2D eigenvalue weighted by atomic mass is 9.68. The maximum Gasteiger partial charge on any atom is 0.00188 e. The summed E-state index contributed by atoms with van der Waals surface area (Å²) in [6.07, 6.45) is 22.7. The van der Waals surface area contributed by atoms with Gasteiger partial charge in [-0.25, -0.2) is 0 Å². The van der Waals surface area contributed by atoms with E-state index in [1.54, 1.807) is 0 Å². The van der Waals surface area contributed by atoms with Gasteiger partial charge >= 0.3 is 0 Å². The first-order chi connectivity index (χ1) is 6.95. The van der Waals surface area contributed by atoms with Gasteiger partial charge in [-0.1, -0.05) is 60.8 Å². The van der Waals surface area contributed by atoms with E-state index in [1.165, 1.54) is 0 Å². The van der Waals surface area contributed by atoms with E-state index in [2.05, 4.69) is 60.8 Å². The fourth-order valence-electron chi connectivity index (χ4n) is 2.69. The van der Waals surface area contributed by atoms with Crippen LogP contribution >= 0.6 is 0 Å². The zero-order valence-corrected chi connectivity index (χ0v) is 8.08. The maximum atomic E-state index is 2.36. The van der Waals surface area contributed by atoms with Crippen molar-refractivity contribution in [2.24, 2.45) is 23.7 Å². The molecule has 0 aromatic heterocycles. The van der Waals surface area contributed by atoms with Crippen molar-refractivity contribution in [3.05, 3.63) is 60.8 Å². The van der Waals surface area contributed by atoms with E-state index in [1.807, 2.05) is 0 Å². The molecule has 0 N–H and O–H groups in total. The Bertz CT molecular complexity index is 329. The highest BCUT2D eigenvalue weighted by atomic mass is 14.4. The molecule has 0 heterocycles. The largest absolute Gasteiger partial charge is 0.0804 e. The summed E-state index contributed by atoms with van der Waals surface area (Å²) in [4.78, 5) is 0. The van der Waals surface area contributed by atoms with Crippen LogP contribution in [0.4, 0.5) is 0 Å². The van der Waals surface area contributed by atoms with Crippen LogP contribution in [0.5, 0.6) is 0 Å². The SMILES string of the molecule is C1=CC2C=CC3C=CC=CC3C2C=C1. The Morgan fingerprint density at radius 2 is 0.857 bits per heavy atom. The minimum absolute atomic E-state index is 0.623. The smallest absolute Gasteiger partial charge is 0.00188 e. The van der Waals surface area contributed by atoms with Crippen molar-refractivity contribution in [2.45, 2.75) is 0 Å². The van der Waals surface area contributed by atoms with Crippen LogP contribution in [0.3, 0.4) is 0 Å². The first-order valence-electron chi connectivity index (χ1n) is 5.33. The third kappa shape index (κ3) is 1.14. The van der Waals surface area contributed by atoms with Crippen LogP contribution in [0.15, 0.2) is 60.8 Å². The van der Waals surface area contributed by atoms with Crippen LogP contribution < -0.4 is 0 Å². The molecule has 3 aliphatic carbocycles. The lowest BCUT2D eigenvalue weighted by molar-refractivity contribution is 0.348. The second-order valence-corrected chi connectivity index (χ2v) is 4.23. The lowest BCUT2D eigenvalue weighted by Gasteiger charge is -2.36. The van der Waals surface area contributed by atoms with E-state index in [0.29, 0.717) is 23.7 Å². The van der Waals surface area contributed by atoms with Crippen molar-refractivity contribution in [2.75, 3.05) is 0 Å². The van der Waals surface area contributed by atoms with Crippen LogP contribution in [0.1, 0.15) is 0 Å². The number of allylic oxidation sites excluding steroid dienone is 10. The number of hydrogen-bond acceptors (Lipinski definition) is 0. The summed E-state index contributed by atoms with van der Waals surface area (Å²) in [6.45, 7) is 0. The van der Waals surface area contributed by atoms with Gasteiger partial charge in [0.05, 0.1) is 0 Å². The first-order valence-corrected chi connectivity index (χ1v) is 5.33. The maximum absolute atomic E-state index is 2.36. The first kappa shape index (κ1) is 8.05. The zero-order chi connectivity index (χ0) is 9.38. The highest BCUT2D eigenvalue weighted by molar-refractivity contribution is 5.30. The fraction of sp³-hybridized carbons (Fsp3) is 0.286. The third-order valence-corrected chi connectivity index (χ3v) is 3.44. The van der Waals surface area contributed by atoms with Gasteiger partial charge in [0.15, 0.2) is 0 Å². The summed E-state index contributed by atoms with van der Waals surface area (Å²) >= 11 is 0. The van der Waals surface area contributed by atoms with Crippen molar-refractivity contribution >= 4 is 0 Å². The lowest BCUT2D eigenvalue weighted by Crippen LogP contribution is -2.29. The number of fused-ring (bicyclic) bond motifs is 3. The van der Waals surface area contributed by atoms with Crippen molar-refractivity contribution in [1.82, 2.24) is 0 Å². The Morgan fingerprint density at radius 1 is 0.429 bits per heavy atom. The van der Waals surface area contributed by atoms with Crippen molar-refractivity contribution < 1.29 is 0 Å². The summed E-state index contributed by atoms with van der Waals surface area (Å²) in [5, 5.41) is 0. The van der Waals surface area contributed by atoms with E-state index in [-0.39, 0.29) is 0 Å². The standard InChI is InChI=1S/C14H14/c1-3-7-13-11(5-1)9-10-12-6-2-4-8-14(12)13/h1-14H. The molecule has 3 aliphatic rings. The summed E-state index contributed by atoms with van der Waals surface area (Å²) < 4.78 is 0. The van der Waals surface area contributed by atoms with Crippen LogP contribution in [0, 0.1) is 23.7 Å². The molecule has 0 heteroatoms. The molecule has 0 saturated carbocycles. The van der Waals surface area contributed by atoms with E-state index < -0.39 is 0 Å². The zero-order valence-electron chi connectivity index (χ0n) is 8.08. The molecule has 0 atom stereocenters. The van der Waals surface area contributed by atoms with Crippen LogP contribution in [-0.2, 0) is 0 Å². The van der Waals surface area contributed by atoms with Gasteiger partial charge in [0, 0.05) is 11.8 Å². The van der Waals surface area contributed by atoms with Crippen LogP contribution in [-0.4, -0.2) is 0 Å². The van der Waals surface area contributed by atoms with E-state index in [0.717, 1.165) is 0 Å². The quantitative estimate of drug-likeness (QED) is 0.504. The number of rotatable bonds is 0. The summed E-state index contributed by atoms with van der Waals surface area (Å²) in [5.41, 5.74) is 0. The molecular weight excluding hydrogens is 168 g/mol. The van der Waals surface area contributed by atoms with Gasteiger partial charge in [-0.3, -0.25) is 0 Å². The van der Waals surface area contributed by atoms with Crippen molar-refractivity contribution in [1.29, 1.82) is 0 Å². The minimum Gasteiger partial charge on any atom is -0.0804 e. The molecule has 0 fully saturated rings. The molecule has 0 bridgehead atoms. The molecule has 0 spiro atoms. The predicted molar refractivity (Wildman–Crippen MR) is 59.7 cm³/mol. The van der Waals surface area contributed by atoms with E-state index in [9.17, 15) is 0 Å². The van der Waals surface area contributed by atoms with Crippen LogP contribution in [0.25, 0.3) is 0 Å². The molecule has 70 valence electrons. The molecule has 0 aromatic rings. The Balaban J connectivity index is 1.99.